The number of amides is 2. The maximum atomic E-state index is 13.1. The summed E-state index contributed by atoms with van der Waals surface area (Å²) >= 11 is 0. The van der Waals surface area contributed by atoms with Crippen LogP contribution >= 0.6 is 0 Å². The van der Waals surface area contributed by atoms with E-state index in [-0.39, 0.29) is 18.4 Å². The number of esters is 1. The lowest BCUT2D eigenvalue weighted by atomic mass is 10.1. The highest BCUT2D eigenvalue weighted by Crippen LogP contribution is 2.28. The van der Waals surface area contributed by atoms with Gasteiger partial charge in [0.2, 0.25) is 5.91 Å². The zero-order valence-electron chi connectivity index (χ0n) is 16.1. The molecule has 0 aromatic rings. The zero-order valence-corrected chi connectivity index (χ0v) is 16.1. The average Bonchev–Trinajstić information content (AvgIpc) is 2.95. The second-order valence-corrected chi connectivity index (χ2v) is 7.26. The molecular formula is C19H30N2O5. The predicted octanol–water partition coefficient (Wildman–Crippen LogP) is 2.56. The SMILES string of the molecule is C=CC[C@H]1CC[C@@H](C(=O)OC)N1C(=O)[C@H](CC=C)NC(=O)OC(C)(C)C. The summed E-state index contributed by atoms with van der Waals surface area (Å²) in [4.78, 5) is 38.8. The number of carbonyl (C=O) groups excluding carboxylic acids is 3. The fraction of sp³-hybridized carbons (Fsp3) is 0.632. The van der Waals surface area contributed by atoms with E-state index in [2.05, 4.69) is 18.5 Å². The molecule has 1 N–H and O–H groups in total. The molecular weight excluding hydrogens is 336 g/mol. The molecule has 1 fully saturated rings. The fourth-order valence-corrected chi connectivity index (χ4v) is 3.03. The van der Waals surface area contributed by atoms with Crippen molar-refractivity contribution in [1.82, 2.24) is 10.2 Å². The van der Waals surface area contributed by atoms with Crippen LogP contribution in [0, 0.1) is 0 Å². The van der Waals surface area contributed by atoms with E-state index in [9.17, 15) is 14.4 Å². The topological polar surface area (TPSA) is 84.9 Å². The van der Waals surface area contributed by atoms with Gasteiger partial charge in [-0.15, -0.1) is 13.2 Å². The Morgan fingerprint density at radius 2 is 1.88 bits per heavy atom. The van der Waals surface area contributed by atoms with E-state index in [0.717, 1.165) is 0 Å². The van der Waals surface area contributed by atoms with Crippen LogP contribution in [0.2, 0.25) is 0 Å². The second-order valence-electron chi connectivity index (χ2n) is 7.26. The van der Waals surface area contributed by atoms with Gasteiger partial charge in [-0.3, -0.25) is 4.79 Å². The van der Waals surface area contributed by atoms with E-state index in [4.69, 9.17) is 9.47 Å². The summed E-state index contributed by atoms with van der Waals surface area (Å²) in [6.45, 7) is 12.6. The molecule has 1 rings (SSSR count). The Morgan fingerprint density at radius 1 is 1.23 bits per heavy atom. The Balaban J connectivity index is 3.01. The summed E-state index contributed by atoms with van der Waals surface area (Å²) in [5, 5.41) is 2.59. The van der Waals surface area contributed by atoms with Gasteiger partial charge in [-0.2, -0.15) is 0 Å². The largest absolute Gasteiger partial charge is 0.467 e. The third-order valence-corrected chi connectivity index (χ3v) is 4.06. The highest BCUT2D eigenvalue weighted by atomic mass is 16.6. The number of rotatable bonds is 7. The van der Waals surface area contributed by atoms with Gasteiger partial charge >= 0.3 is 12.1 Å². The smallest absolute Gasteiger partial charge is 0.408 e. The zero-order chi connectivity index (χ0) is 19.9. The Kier molecular flexibility index (Phi) is 7.86. The van der Waals surface area contributed by atoms with Crippen molar-refractivity contribution in [3.63, 3.8) is 0 Å². The molecule has 146 valence electrons. The van der Waals surface area contributed by atoms with Crippen LogP contribution in [-0.2, 0) is 19.1 Å². The highest BCUT2D eigenvalue weighted by molar-refractivity contribution is 5.90. The average molecular weight is 366 g/mol. The minimum Gasteiger partial charge on any atom is -0.467 e. The minimum atomic E-state index is -0.861. The van der Waals surface area contributed by atoms with Gasteiger partial charge in [0, 0.05) is 6.04 Å². The first-order valence-corrected chi connectivity index (χ1v) is 8.76. The van der Waals surface area contributed by atoms with Gasteiger partial charge in [0.25, 0.3) is 0 Å². The van der Waals surface area contributed by atoms with Crippen molar-refractivity contribution in [1.29, 1.82) is 0 Å². The van der Waals surface area contributed by atoms with Gasteiger partial charge in [-0.25, -0.2) is 9.59 Å². The first-order chi connectivity index (χ1) is 12.1. The number of carbonyl (C=O) groups is 3. The Bertz CT molecular complexity index is 553. The summed E-state index contributed by atoms with van der Waals surface area (Å²) in [5.74, 6) is -0.810. The van der Waals surface area contributed by atoms with Crippen molar-refractivity contribution >= 4 is 18.0 Å². The van der Waals surface area contributed by atoms with Crippen LogP contribution in [0.5, 0.6) is 0 Å². The normalized spacial score (nSPS) is 20.8. The van der Waals surface area contributed by atoms with E-state index in [1.54, 1.807) is 32.9 Å². The van der Waals surface area contributed by atoms with Crippen LogP contribution < -0.4 is 5.32 Å². The maximum absolute atomic E-state index is 13.1. The molecule has 7 heteroatoms. The van der Waals surface area contributed by atoms with Gasteiger partial charge in [0.1, 0.15) is 17.7 Å². The molecule has 1 heterocycles. The molecule has 0 unspecified atom stereocenters. The molecule has 1 saturated heterocycles. The number of nitrogens with zero attached hydrogens (tertiary/aromatic N) is 1. The molecule has 0 aliphatic carbocycles. The number of nitrogens with one attached hydrogen (secondary N) is 1. The molecule has 0 aromatic heterocycles. The number of ether oxygens (including phenoxy) is 2. The van der Waals surface area contributed by atoms with E-state index < -0.39 is 29.7 Å². The van der Waals surface area contributed by atoms with E-state index in [1.807, 2.05) is 0 Å². The van der Waals surface area contributed by atoms with Crippen molar-refractivity contribution in [3.05, 3.63) is 25.3 Å². The standard InChI is InChI=1S/C19H30N2O5/c1-7-9-13-11-12-15(17(23)25-6)21(13)16(22)14(10-8-2)20-18(24)26-19(3,4)5/h7-8,13-15H,1-2,9-12H2,3-6H3,(H,20,24)/t13-,14-,15-/m0/s1. The lowest BCUT2D eigenvalue weighted by molar-refractivity contribution is -0.153. The van der Waals surface area contributed by atoms with Gasteiger partial charge < -0.3 is 19.7 Å². The molecule has 0 saturated carbocycles. The number of hydrogen-bond acceptors (Lipinski definition) is 5. The molecule has 1 aliphatic heterocycles. The van der Waals surface area contributed by atoms with Gasteiger partial charge in [-0.1, -0.05) is 12.2 Å². The maximum Gasteiger partial charge on any atom is 0.408 e. The quantitative estimate of drug-likeness (QED) is 0.553. The molecule has 0 bridgehead atoms. The van der Waals surface area contributed by atoms with Gasteiger partial charge in [0.15, 0.2) is 0 Å². The molecule has 2 amide bonds. The summed E-state index contributed by atoms with van der Waals surface area (Å²) in [6.07, 6.45) is 4.55. The van der Waals surface area contributed by atoms with Crippen molar-refractivity contribution in [3.8, 4) is 0 Å². The number of alkyl carbamates (subject to hydrolysis) is 1. The molecule has 1 aliphatic rings. The van der Waals surface area contributed by atoms with Gasteiger partial charge in [-0.05, 0) is 46.5 Å². The third-order valence-electron chi connectivity index (χ3n) is 4.06. The first kappa shape index (κ1) is 21.7. The molecule has 0 aromatic carbocycles. The van der Waals surface area contributed by atoms with Crippen LogP contribution in [0.15, 0.2) is 25.3 Å². The van der Waals surface area contributed by atoms with E-state index in [1.165, 1.54) is 12.0 Å². The third kappa shape index (κ3) is 5.89. The van der Waals surface area contributed by atoms with Crippen LogP contribution in [0.25, 0.3) is 0 Å². The lowest BCUT2D eigenvalue weighted by Crippen LogP contribution is -2.54. The molecule has 0 radical (unpaired) electrons. The summed E-state index contributed by atoms with van der Waals surface area (Å²) in [6, 6.07) is -1.68. The summed E-state index contributed by atoms with van der Waals surface area (Å²) < 4.78 is 10.1. The van der Waals surface area contributed by atoms with Crippen molar-refractivity contribution in [2.75, 3.05) is 7.11 Å². The van der Waals surface area contributed by atoms with E-state index in [0.29, 0.717) is 19.3 Å². The number of methoxy groups -OCH3 is 1. The second kappa shape index (κ2) is 9.40. The molecule has 26 heavy (non-hydrogen) atoms. The van der Waals surface area contributed by atoms with Crippen LogP contribution in [0.1, 0.15) is 46.5 Å². The van der Waals surface area contributed by atoms with E-state index >= 15 is 0 Å². The van der Waals surface area contributed by atoms with Crippen LogP contribution in [-0.4, -0.2) is 53.7 Å². The summed E-state index contributed by atoms with van der Waals surface area (Å²) in [5.41, 5.74) is -0.681. The molecule has 3 atom stereocenters. The monoisotopic (exact) mass is 366 g/mol. The molecule has 0 spiro atoms. The number of hydrogen-bond donors (Lipinski definition) is 1. The minimum absolute atomic E-state index is 0.156. The Morgan fingerprint density at radius 3 is 2.38 bits per heavy atom. The Hall–Kier alpha value is -2.31. The first-order valence-electron chi connectivity index (χ1n) is 8.76. The Labute approximate surface area is 155 Å². The highest BCUT2D eigenvalue weighted by Gasteiger charge is 2.43. The van der Waals surface area contributed by atoms with Crippen molar-refractivity contribution in [2.45, 2.75) is 70.2 Å². The predicted molar refractivity (Wildman–Crippen MR) is 98.5 cm³/mol. The lowest BCUT2D eigenvalue weighted by Gasteiger charge is -2.32. The van der Waals surface area contributed by atoms with Gasteiger partial charge in [0.05, 0.1) is 7.11 Å². The van der Waals surface area contributed by atoms with Crippen LogP contribution in [0.4, 0.5) is 4.79 Å². The fourth-order valence-electron chi connectivity index (χ4n) is 3.03. The number of likely N-dealkylation sites (tertiary alicyclic amines) is 1. The summed E-state index contributed by atoms with van der Waals surface area (Å²) in [7, 11) is 1.30. The van der Waals surface area contributed by atoms with Crippen molar-refractivity contribution in [2.24, 2.45) is 0 Å². The van der Waals surface area contributed by atoms with Crippen molar-refractivity contribution < 1.29 is 23.9 Å². The van der Waals surface area contributed by atoms with Crippen LogP contribution in [0.3, 0.4) is 0 Å². The molecule has 7 nitrogen and oxygen atoms in total.